The summed E-state index contributed by atoms with van der Waals surface area (Å²) in [6.07, 6.45) is 0.854. The summed E-state index contributed by atoms with van der Waals surface area (Å²) in [7, 11) is 1.92. The van der Waals surface area contributed by atoms with E-state index in [1.54, 1.807) is 29.6 Å². The van der Waals surface area contributed by atoms with Crippen LogP contribution in [0.2, 0.25) is 0 Å². The lowest BCUT2D eigenvalue weighted by molar-refractivity contribution is 0.102. The van der Waals surface area contributed by atoms with Crippen molar-refractivity contribution < 1.29 is 27.4 Å². The number of nitrogens with one attached hydrogen (secondary N) is 1. The van der Waals surface area contributed by atoms with Crippen LogP contribution in [0.15, 0.2) is 52.7 Å². The number of methoxy groups -OCH3 is 3. The summed E-state index contributed by atoms with van der Waals surface area (Å²) in [4.78, 5) is 13.0. The van der Waals surface area contributed by atoms with Gasteiger partial charge in [-0.2, -0.15) is 0 Å². The summed E-state index contributed by atoms with van der Waals surface area (Å²) in [5, 5.41) is 4.30. The molecule has 33 heavy (non-hydrogen) atoms. The van der Waals surface area contributed by atoms with Gasteiger partial charge >= 0.3 is 0 Å². The first kappa shape index (κ1) is 24.4. The number of sulfonamides is 1. The molecule has 10 heteroatoms. The molecule has 0 aliphatic carbocycles. The third kappa shape index (κ3) is 4.91. The normalized spacial score (nSPS) is 11.1. The number of anilines is 2. The number of nitrogens with zero attached hydrogens (tertiary/aromatic N) is 1. The number of ether oxygens (including phenoxy) is 3. The molecule has 3 rings (SSSR count). The Hall–Kier alpha value is -3.24. The Morgan fingerprint density at radius 2 is 1.61 bits per heavy atom. The van der Waals surface area contributed by atoms with Crippen LogP contribution in [0.5, 0.6) is 17.2 Å². The largest absolute Gasteiger partial charge is 0.493 e. The number of carbonyl (C=O) groups excluding carboxylic acids is 1. The second-order valence-corrected chi connectivity index (χ2v) is 9.83. The van der Waals surface area contributed by atoms with Gasteiger partial charge in [0.05, 0.1) is 27.0 Å². The van der Waals surface area contributed by atoms with E-state index in [1.807, 2.05) is 19.1 Å². The van der Waals surface area contributed by atoms with Crippen LogP contribution < -0.4 is 23.8 Å². The monoisotopic (exact) mass is 490 g/mol. The van der Waals surface area contributed by atoms with Crippen molar-refractivity contribution in [3.8, 4) is 17.2 Å². The molecule has 0 fully saturated rings. The van der Waals surface area contributed by atoms with Crippen molar-refractivity contribution in [1.29, 1.82) is 0 Å². The molecule has 0 atom stereocenters. The van der Waals surface area contributed by atoms with Gasteiger partial charge in [0, 0.05) is 24.9 Å². The van der Waals surface area contributed by atoms with Crippen molar-refractivity contribution in [3.63, 3.8) is 0 Å². The van der Waals surface area contributed by atoms with Gasteiger partial charge in [-0.05, 0) is 35.6 Å². The van der Waals surface area contributed by atoms with Crippen LogP contribution in [0.25, 0.3) is 0 Å². The quantitative estimate of drug-likeness (QED) is 0.477. The standard InChI is InChI=1S/C23H26N2O6S2/c1-6-15-7-9-17(10-8-15)25(2)33(27,28)20-11-12-32-22(20)23(26)24-16-13-18(29-3)21(31-5)19(14-16)30-4/h7-14H,6H2,1-5H3,(H,24,26). The topological polar surface area (TPSA) is 94.2 Å². The lowest BCUT2D eigenvalue weighted by Gasteiger charge is -2.20. The van der Waals surface area contributed by atoms with Crippen LogP contribution in [0.4, 0.5) is 11.4 Å². The van der Waals surface area contributed by atoms with E-state index in [1.165, 1.54) is 38.7 Å². The first-order valence-corrected chi connectivity index (χ1v) is 12.4. The third-order valence-corrected chi connectivity index (χ3v) is 7.97. The van der Waals surface area contributed by atoms with E-state index in [4.69, 9.17) is 14.2 Å². The number of hydrogen-bond donors (Lipinski definition) is 1. The van der Waals surface area contributed by atoms with E-state index in [-0.39, 0.29) is 9.77 Å². The zero-order valence-corrected chi connectivity index (χ0v) is 20.7. The van der Waals surface area contributed by atoms with Crippen LogP contribution in [-0.4, -0.2) is 42.7 Å². The van der Waals surface area contributed by atoms with Gasteiger partial charge in [0.2, 0.25) is 5.75 Å². The summed E-state index contributed by atoms with van der Waals surface area (Å²) in [5.74, 6) is 0.545. The molecule has 0 unspecified atom stereocenters. The molecule has 1 heterocycles. The van der Waals surface area contributed by atoms with Crippen molar-refractivity contribution in [1.82, 2.24) is 0 Å². The molecule has 0 spiro atoms. The lowest BCUT2D eigenvalue weighted by Crippen LogP contribution is -2.28. The first-order chi connectivity index (χ1) is 15.8. The molecule has 2 aromatic carbocycles. The first-order valence-electron chi connectivity index (χ1n) is 10.0. The fraction of sp³-hybridized carbons (Fsp3) is 0.261. The van der Waals surface area contributed by atoms with Gasteiger partial charge in [-0.1, -0.05) is 19.1 Å². The Morgan fingerprint density at radius 3 is 2.12 bits per heavy atom. The Kier molecular flexibility index (Phi) is 7.50. The molecule has 1 aromatic heterocycles. The SMILES string of the molecule is CCc1ccc(N(C)S(=O)(=O)c2ccsc2C(=O)Nc2cc(OC)c(OC)c(OC)c2)cc1. The Morgan fingerprint density at radius 1 is 1.00 bits per heavy atom. The summed E-state index contributed by atoms with van der Waals surface area (Å²) in [5.41, 5.74) is 1.98. The number of carbonyl (C=O) groups is 1. The fourth-order valence-corrected chi connectivity index (χ4v) is 5.73. The Balaban J connectivity index is 1.91. The number of aryl methyl sites for hydroxylation is 1. The second-order valence-electron chi connectivity index (χ2n) is 6.97. The predicted molar refractivity (Wildman–Crippen MR) is 130 cm³/mol. The number of benzene rings is 2. The van der Waals surface area contributed by atoms with Gasteiger partial charge in [0.1, 0.15) is 9.77 Å². The highest BCUT2D eigenvalue weighted by molar-refractivity contribution is 7.93. The summed E-state index contributed by atoms with van der Waals surface area (Å²) in [6.45, 7) is 2.03. The van der Waals surface area contributed by atoms with E-state index in [2.05, 4.69) is 5.32 Å². The lowest BCUT2D eigenvalue weighted by atomic mass is 10.1. The van der Waals surface area contributed by atoms with Crippen molar-refractivity contribution in [2.24, 2.45) is 0 Å². The van der Waals surface area contributed by atoms with Gasteiger partial charge in [0.25, 0.3) is 15.9 Å². The maximum Gasteiger partial charge on any atom is 0.267 e. The molecule has 0 aliphatic heterocycles. The smallest absolute Gasteiger partial charge is 0.267 e. The Labute approximate surface area is 197 Å². The highest BCUT2D eigenvalue weighted by Crippen LogP contribution is 2.40. The second kappa shape index (κ2) is 10.1. The predicted octanol–water partition coefficient (Wildman–Crippen LogP) is 4.41. The highest BCUT2D eigenvalue weighted by atomic mass is 32.2. The molecule has 0 radical (unpaired) electrons. The van der Waals surface area contributed by atoms with Crippen LogP contribution >= 0.6 is 11.3 Å². The van der Waals surface area contributed by atoms with Crippen molar-refractivity contribution in [2.45, 2.75) is 18.2 Å². The highest BCUT2D eigenvalue weighted by Gasteiger charge is 2.29. The molecule has 8 nitrogen and oxygen atoms in total. The van der Waals surface area contributed by atoms with Crippen LogP contribution in [0, 0.1) is 0 Å². The average Bonchev–Trinajstić information content (AvgIpc) is 3.34. The minimum absolute atomic E-state index is 0.0699. The van der Waals surface area contributed by atoms with E-state index >= 15 is 0 Å². The molecule has 1 amide bonds. The molecule has 0 saturated heterocycles. The molecular formula is C23H26N2O6S2. The van der Waals surface area contributed by atoms with Crippen molar-refractivity contribution in [3.05, 3.63) is 58.3 Å². The Bertz CT molecular complexity index is 1210. The van der Waals surface area contributed by atoms with E-state index in [0.29, 0.717) is 28.6 Å². The van der Waals surface area contributed by atoms with Gasteiger partial charge < -0.3 is 19.5 Å². The maximum atomic E-state index is 13.3. The zero-order valence-electron chi connectivity index (χ0n) is 19.0. The minimum Gasteiger partial charge on any atom is -0.493 e. The summed E-state index contributed by atoms with van der Waals surface area (Å²) >= 11 is 1.04. The van der Waals surface area contributed by atoms with Crippen LogP contribution in [0.3, 0.4) is 0 Å². The summed E-state index contributed by atoms with van der Waals surface area (Å²) < 4.78 is 43.7. The molecule has 1 N–H and O–H groups in total. The van der Waals surface area contributed by atoms with E-state index in [9.17, 15) is 13.2 Å². The van der Waals surface area contributed by atoms with Crippen LogP contribution in [0.1, 0.15) is 22.2 Å². The third-order valence-electron chi connectivity index (χ3n) is 5.10. The van der Waals surface area contributed by atoms with Gasteiger partial charge in [-0.25, -0.2) is 8.42 Å². The molecule has 0 bridgehead atoms. The number of amides is 1. The molecule has 0 aliphatic rings. The van der Waals surface area contributed by atoms with E-state index < -0.39 is 15.9 Å². The summed E-state index contributed by atoms with van der Waals surface area (Å²) in [6, 6.07) is 11.8. The van der Waals surface area contributed by atoms with Crippen molar-refractivity contribution >= 4 is 38.6 Å². The van der Waals surface area contributed by atoms with Crippen LogP contribution in [-0.2, 0) is 16.4 Å². The van der Waals surface area contributed by atoms with E-state index in [0.717, 1.165) is 23.3 Å². The molecule has 176 valence electrons. The minimum atomic E-state index is -3.96. The fourth-order valence-electron chi connectivity index (χ4n) is 3.24. The number of rotatable bonds is 9. The number of thiophene rings is 1. The molecule has 3 aromatic rings. The number of hydrogen-bond acceptors (Lipinski definition) is 7. The molecule has 0 saturated carbocycles. The zero-order chi connectivity index (χ0) is 24.2. The van der Waals surface area contributed by atoms with Gasteiger partial charge in [-0.3, -0.25) is 9.10 Å². The maximum absolute atomic E-state index is 13.3. The van der Waals surface area contributed by atoms with Gasteiger partial charge in [0.15, 0.2) is 11.5 Å². The molecular weight excluding hydrogens is 464 g/mol. The van der Waals surface area contributed by atoms with Crippen molar-refractivity contribution in [2.75, 3.05) is 38.0 Å². The average molecular weight is 491 g/mol. The van der Waals surface area contributed by atoms with Gasteiger partial charge in [-0.15, -0.1) is 11.3 Å².